The molecular weight excluding hydrogens is 576 g/mol. The molecule has 0 radical (unpaired) electrons. The summed E-state index contributed by atoms with van der Waals surface area (Å²) in [5.74, 6) is 8.18. The molecule has 2 aromatic carbocycles. The van der Waals surface area contributed by atoms with Crippen LogP contribution in [0.15, 0.2) is 36.4 Å². The van der Waals surface area contributed by atoms with E-state index in [0.29, 0.717) is 35.6 Å². The average molecular weight is 643 g/mol. The normalized spacial score (nSPS) is 33.3. The highest BCUT2D eigenvalue weighted by atomic mass is 16.5. The zero-order chi connectivity index (χ0) is 33.5. The third kappa shape index (κ3) is 6.77. The first-order chi connectivity index (χ1) is 22.5. The molecule has 0 bridgehead atoms. The van der Waals surface area contributed by atoms with Gasteiger partial charge in [-0.25, -0.2) is 0 Å². The summed E-state index contributed by atoms with van der Waals surface area (Å²) in [6, 6.07) is 14.3. The van der Waals surface area contributed by atoms with Gasteiger partial charge in [0.1, 0.15) is 0 Å². The van der Waals surface area contributed by atoms with Crippen molar-refractivity contribution in [3.05, 3.63) is 58.7 Å². The average Bonchev–Trinajstić information content (AvgIpc) is 3.44. The molecule has 4 heteroatoms. The Hall–Kier alpha value is -2.04. The highest BCUT2D eigenvalue weighted by molar-refractivity contribution is 5.56. The highest BCUT2D eigenvalue weighted by Crippen LogP contribution is 2.62. The smallest absolute Gasteiger partial charge is 0.165 e. The molecule has 0 spiro atoms. The highest BCUT2D eigenvalue weighted by Gasteiger charge is 2.58. The maximum atomic E-state index is 6.98. The van der Waals surface area contributed by atoms with Gasteiger partial charge in [0, 0.05) is 43.2 Å². The summed E-state index contributed by atoms with van der Waals surface area (Å²) in [5, 5.41) is 3.86. The molecule has 0 aromatic heterocycles. The zero-order valence-corrected chi connectivity index (χ0v) is 31.3. The van der Waals surface area contributed by atoms with E-state index in [9.17, 15) is 0 Å². The Morgan fingerprint density at radius 2 is 1.53 bits per heavy atom. The van der Waals surface area contributed by atoms with Crippen LogP contribution >= 0.6 is 0 Å². The molecule has 6 unspecified atom stereocenters. The van der Waals surface area contributed by atoms with Crippen molar-refractivity contribution >= 4 is 0 Å². The van der Waals surface area contributed by atoms with E-state index < -0.39 is 0 Å². The molecule has 6 rings (SSSR count). The van der Waals surface area contributed by atoms with Crippen LogP contribution in [0.2, 0.25) is 0 Å². The van der Waals surface area contributed by atoms with Crippen molar-refractivity contribution in [2.24, 2.45) is 47.3 Å². The molecule has 2 aromatic rings. The molecule has 2 aliphatic heterocycles. The number of fused-ring (bicyclic) bond motifs is 1. The molecule has 260 valence electrons. The van der Waals surface area contributed by atoms with E-state index in [1.54, 1.807) is 0 Å². The van der Waals surface area contributed by atoms with E-state index >= 15 is 0 Å². The van der Waals surface area contributed by atoms with Gasteiger partial charge in [0.15, 0.2) is 11.5 Å². The molecule has 7 atom stereocenters. The van der Waals surface area contributed by atoms with Gasteiger partial charge >= 0.3 is 0 Å². The lowest BCUT2D eigenvalue weighted by atomic mass is 9.48. The minimum Gasteiger partial charge on any atom is -0.493 e. The van der Waals surface area contributed by atoms with Crippen molar-refractivity contribution in [1.82, 2.24) is 10.2 Å². The lowest BCUT2D eigenvalue weighted by molar-refractivity contribution is -0.0298. The predicted molar refractivity (Wildman–Crippen MR) is 196 cm³/mol. The Morgan fingerprint density at radius 3 is 2.13 bits per heavy atom. The number of rotatable bonds is 9. The Labute approximate surface area is 287 Å². The largest absolute Gasteiger partial charge is 0.493 e. The Balaban J connectivity index is 1.41. The van der Waals surface area contributed by atoms with Crippen molar-refractivity contribution in [2.45, 2.75) is 118 Å². The van der Waals surface area contributed by atoms with Crippen molar-refractivity contribution < 1.29 is 9.47 Å². The fourth-order valence-electron chi connectivity index (χ4n) is 10.9. The minimum absolute atomic E-state index is 0.0358. The van der Waals surface area contributed by atoms with Crippen molar-refractivity contribution in [1.29, 1.82) is 0 Å². The van der Waals surface area contributed by atoms with Gasteiger partial charge in [0.2, 0.25) is 0 Å². The number of methoxy groups -OCH3 is 1. The summed E-state index contributed by atoms with van der Waals surface area (Å²) in [6.45, 7) is 24.5. The van der Waals surface area contributed by atoms with Gasteiger partial charge in [-0.1, -0.05) is 92.5 Å². The first-order valence-corrected chi connectivity index (χ1v) is 19.4. The maximum absolute atomic E-state index is 6.98. The molecule has 47 heavy (non-hydrogen) atoms. The second-order valence-electron chi connectivity index (χ2n) is 17.4. The molecule has 2 saturated carbocycles. The number of nitrogens with one attached hydrogen (secondary N) is 1. The van der Waals surface area contributed by atoms with Gasteiger partial charge < -0.3 is 14.8 Å². The molecule has 4 aliphatic rings. The van der Waals surface area contributed by atoms with Crippen LogP contribution in [0, 0.1) is 47.3 Å². The number of ether oxygens (including phenoxy) is 2. The van der Waals surface area contributed by atoms with Gasteiger partial charge in [0.05, 0.1) is 13.7 Å². The first kappa shape index (κ1) is 34.8. The van der Waals surface area contributed by atoms with E-state index in [-0.39, 0.29) is 5.41 Å². The standard InChI is InChI=1S/C43H66N2O2/c1-27(2)33-12-10-11-13-36(33)40-25-45(19-18-44-40)24-32-22-39-42(41(23-32)46-9)47-26-43(39,37-20-30(7)14-16-34(37)28(3)4)38-21-31(8)15-17-35(38)29(5)6/h10-13,22-23,27-31,34-35,37-38,40,44H,14-21,24-26H2,1-9H3/t30?,31?,34?,35?,37?,38?,40-,43?/m0/s1. The second kappa shape index (κ2) is 14.4. The third-order valence-corrected chi connectivity index (χ3v) is 13.3. The summed E-state index contributed by atoms with van der Waals surface area (Å²) in [7, 11) is 1.85. The maximum Gasteiger partial charge on any atom is 0.165 e. The molecular formula is C43H66N2O2. The van der Waals surface area contributed by atoms with Crippen LogP contribution in [-0.2, 0) is 12.0 Å². The van der Waals surface area contributed by atoms with Gasteiger partial charge in [-0.15, -0.1) is 0 Å². The summed E-state index contributed by atoms with van der Waals surface area (Å²) in [6.07, 6.45) is 8.08. The topological polar surface area (TPSA) is 33.7 Å². The summed E-state index contributed by atoms with van der Waals surface area (Å²) in [5.41, 5.74) is 5.86. The van der Waals surface area contributed by atoms with E-state index in [0.717, 1.165) is 68.0 Å². The fourth-order valence-corrected chi connectivity index (χ4v) is 10.9. The van der Waals surface area contributed by atoms with Crippen LogP contribution in [0.5, 0.6) is 11.5 Å². The third-order valence-electron chi connectivity index (χ3n) is 13.3. The Morgan fingerprint density at radius 1 is 0.894 bits per heavy atom. The van der Waals surface area contributed by atoms with Crippen molar-refractivity contribution in [3.8, 4) is 11.5 Å². The second-order valence-corrected chi connectivity index (χ2v) is 17.4. The van der Waals surface area contributed by atoms with Gasteiger partial charge in [0.25, 0.3) is 0 Å². The summed E-state index contributed by atoms with van der Waals surface area (Å²) in [4.78, 5) is 2.68. The monoisotopic (exact) mass is 643 g/mol. The van der Waals surface area contributed by atoms with Crippen molar-refractivity contribution in [2.75, 3.05) is 33.4 Å². The molecule has 1 N–H and O–H groups in total. The number of hydrogen-bond donors (Lipinski definition) is 1. The van der Waals surface area contributed by atoms with Crippen LogP contribution in [0.25, 0.3) is 0 Å². The van der Waals surface area contributed by atoms with Gasteiger partial charge in [-0.05, 0) is 108 Å². The zero-order valence-electron chi connectivity index (χ0n) is 31.3. The van der Waals surface area contributed by atoms with Crippen LogP contribution in [0.4, 0.5) is 0 Å². The van der Waals surface area contributed by atoms with Gasteiger partial charge in [-0.3, -0.25) is 4.90 Å². The fraction of sp³-hybridized carbons (Fsp3) is 0.721. The lowest BCUT2D eigenvalue weighted by Gasteiger charge is -2.55. The first-order valence-electron chi connectivity index (χ1n) is 19.4. The SMILES string of the molecule is COc1cc(CN2CCN[C@H](c3ccccc3C(C)C)C2)cc2c1OCC2(C1CC(C)CCC1C(C)C)C1CC(C)CCC1C(C)C. The molecule has 3 fully saturated rings. The van der Waals surface area contributed by atoms with Crippen LogP contribution in [-0.4, -0.2) is 38.3 Å². The van der Waals surface area contributed by atoms with Crippen molar-refractivity contribution in [3.63, 3.8) is 0 Å². The number of nitrogens with zero attached hydrogens (tertiary/aromatic N) is 1. The summed E-state index contributed by atoms with van der Waals surface area (Å²) < 4.78 is 13.2. The van der Waals surface area contributed by atoms with Crippen LogP contribution in [0.1, 0.15) is 128 Å². The molecule has 2 aliphatic carbocycles. The predicted octanol–water partition coefficient (Wildman–Crippen LogP) is 10.0. The number of benzene rings is 2. The van der Waals surface area contributed by atoms with E-state index in [2.05, 4.69) is 102 Å². The molecule has 1 saturated heterocycles. The van der Waals surface area contributed by atoms with E-state index in [4.69, 9.17) is 9.47 Å². The molecule has 4 nitrogen and oxygen atoms in total. The minimum atomic E-state index is 0.0358. The quantitative estimate of drug-likeness (QED) is 0.295. The number of piperazine rings is 1. The summed E-state index contributed by atoms with van der Waals surface area (Å²) >= 11 is 0. The van der Waals surface area contributed by atoms with Gasteiger partial charge in [-0.2, -0.15) is 0 Å². The van der Waals surface area contributed by atoms with E-state index in [1.165, 1.54) is 60.8 Å². The lowest BCUT2D eigenvalue weighted by Crippen LogP contribution is -2.54. The Bertz CT molecular complexity index is 1320. The van der Waals surface area contributed by atoms with Crippen LogP contribution in [0.3, 0.4) is 0 Å². The molecule has 2 heterocycles. The van der Waals surface area contributed by atoms with Crippen LogP contribution < -0.4 is 14.8 Å². The number of hydrogen-bond acceptors (Lipinski definition) is 4. The Kier molecular flexibility index (Phi) is 10.7. The molecule has 0 amide bonds. The van der Waals surface area contributed by atoms with E-state index in [1.807, 2.05) is 7.11 Å².